The van der Waals surface area contributed by atoms with Gasteiger partial charge in [-0.2, -0.15) is 0 Å². The molecule has 4 nitrogen and oxygen atoms in total. The second-order valence-corrected chi connectivity index (χ2v) is 6.98. The zero-order valence-electron chi connectivity index (χ0n) is 13.6. The van der Waals surface area contributed by atoms with Crippen LogP contribution in [0, 0.1) is 11.8 Å². The smallest absolute Gasteiger partial charge is 0.232 e. The molecule has 0 aromatic heterocycles. The zero-order chi connectivity index (χ0) is 15.9. The fourth-order valence-electron chi connectivity index (χ4n) is 3.65. The van der Waals surface area contributed by atoms with Crippen LogP contribution in [0.2, 0.25) is 0 Å². The first-order chi connectivity index (χ1) is 10.5. The molecule has 3 rings (SSSR count). The molecule has 118 valence electrons. The third-order valence-corrected chi connectivity index (χ3v) is 4.59. The van der Waals surface area contributed by atoms with E-state index in [2.05, 4.69) is 26.8 Å². The SMILES string of the molecule is CC(C)CN1C[C@@H](C(=O)N2c3ccccc3C[C@H]2C)CC1=O. The van der Waals surface area contributed by atoms with Crippen LogP contribution in [0.3, 0.4) is 0 Å². The fraction of sp³-hybridized carbons (Fsp3) is 0.556. The average Bonchev–Trinajstić information content (AvgIpc) is 2.97. The molecule has 2 aliphatic rings. The highest BCUT2D eigenvalue weighted by Gasteiger charge is 2.40. The lowest BCUT2D eigenvalue weighted by Crippen LogP contribution is -2.41. The van der Waals surface area contributed by atoms with Crippen molar-refractivity contribution in [3.63, 3.8) is 0 Å². The molecule has 1 saturated heterocycles. The maximum atomic E-state index is 12.9. The van der Waals surface area contributed by atoms with Gasteiger partial charge in [-0.05, 0) is 30.9 Å². The number of rotatable bonds is 3. The molecule has 1 aromatic carbocycles. The number of fused-ring (bicyclic) bond motifs is 1. The Hall–Kier alpha value is -1.84. The third kappa shape index (κ3) is 2.62. The van der Waals surface area contributed by atoms with Gasteiger partial charge in [0.1, 0.15) is 0 Å². The van der Waals surface area contributed by atoms with Crippen LogP contribution < -0.4 is 4.90 Å². The van der Waals surface area contributed by atoms with Crippen molar-refractivity contribution in [3.8, 4) is 0 Å². The predicted molar refractivity (Wildman–Crippen MR) is 86.6 cm³/mol. The van der Waals surface area contributed by atoms with Crippen LogP contribution in [0.1, 0.15) is 32.8 Å². The summed E-state index contributed by atoms with van der Waals surface area (Å²) in [5.41, 5.74) is 2.25. The molecule has 2 aliphatic heterocycles. The van der Waals surface area contributed by atoms with E-state index in [4.69, 9.17) is 0 Å². The Morgan fingerprint density at radius 3 is 2.73 bits per heavy atom. The first-order valence-corrected chi connectivity index (χ1v) is 8.16. The molecule has 0 radical (unpaired) electrons. The quantitative estimate of drug-likeness (QED) is 0.860. The Morgan fingerprint density at radius 2 is 2.00 bits per heavy atom. The van der Waals surface area contributed by atoms with Crippen LogP contribution in [-0.4, -0.2) is 35.8 Å². The molecular formula is C18H24N2O2. The van der Waals surface area contributed by atoms with Crippen LogP contribution in [-0.2, 0) is 16.0 Å². The van der Waals surface area contributed by atoms with E-state index < -0.39 is 0 Å². The summed E-state index contributed by atoms with van der Waals surface area (Å²) in [4.78, 5) is 28.8. The summed E-state index contributed by atoms with van der Waals surface area (Å²) >= 11 is 0. The van der Waals surface area contributed by atoms with Gasteiger partial charge in [-0.1, -0.05) is 32.0 Å². The molecule has 4 heteroatoms. The average molecular weight is 300 g/mol. The third-order valence-electron chi connectivity index (χ3n) is 4.59. The standard InChI is InChI=1S/C18H24N2O2/c1-12(2)10-19-11-15(9-17(19)21)18(22)20-13(3)8-14-6-4-5-7-16(14)20/h4-7,12-13,15H,8-11H2,1-3H3/t13-,15+/m1/s1. The van der Waals surface area contributed by atoms with Crippen molar-refractivity contribution in [2.24, 2.45) is 11.8 Å². The summed E-state index contributed by atoms with van der Waals surface area (Å²) in [6.07, 6.45) is 1.26. The number of hydrogen-bond acceptors (Lipinski definition) is 2. The van der Waals surface area contributed by atoms with Gasteiger partial charge in [0.25, 0.3) is 0 Å². The Kier molecular flexibility index (Phi) is 3.94. The lowest BCUT2D eigenvalue weighted by atomic mass is 10.1. The van der Waals surface area contributed by atoms with Crippen molar-refractivity contribution in [1.29, 1.82) is 0 Å². The normalized spacial score (nSPS) is 24.3. The van der Waals surface area contributed by atoms with Crippen molar-refractivity contribution in [1.82, 2.24) is 4.90 Å². The topological polar surface area (TPSA) is 40.6 Å². The molecule has 0 bridgehead atoms. The van der Waals surface area contributed by atoms with Crippen molar-refractivity contribution < 1.29 is 9.59 Å². The summed E-state index contributed by atoms with van der Waals surface area (Å²) in [7, 11) is 0. The van der Waals surface area contributed by atoms with Crippen molar-refractivity contribution in [2.45, 2.75) is 39.7 Å². The molecule has 2 atom stereocenters. The summed E-state index contributed by atoms with van der Waals surface area (Å²) < 4.78 is 0. The second-order valence-electron chi connectivity index (χ2n) is 6.98. The first kappa shape index (κ1) is 15.1. The van der Waals surface area contributed by atoms with E-state index in [1.54, 1.807) is 0 Å². The van der Waals surface area contributed by atoms with Crippen molar-refractivity contribution in [2.75, 3.05) is 18.0 Å². The largest absolute Gasteiger partial charge is 0.342 e. The van der Waals surface area contributed by atoms with E-state index in [1.165, 1.54) is 5.56 Å². The highest BCUT2D eigenvalue weighted by Crippen LogP contribution is 2.34. The van der Waals surface area contributed by atoms with E-state index in [1.807, 2.05) is 28.0 Å². The van der Waals surface area contributed by atoms with E-state index in [-0.39, 0.29) is 23.8 Å². The van der Waals surface area contributed by atoms with E-state index >= 15 is 0 Å². The number of amides is 2. The van der Waals surface area contributed by atoms with Gasteiger partial charge in [0.05, 0.1) is 5.92 Å². The second kappa shape index (κ2) is 5.75. The number of likely N-dealkylation sites (tertiary alicyclic amines) is 1. The van der Waals surface area contributed by atoms with Crippen LogP contribution in [0.25, 0.3) is 0 Å². The minimum Gasteiger partial charge on any atom is -0.342 e. The van der Waals surface area contributed by atoms with E-state index in [0.29, 0.717) is 18.9 Å². The minimum absolute atomic E-state index is 0.108. The monoisotopic (exact) mass is 300 g/mol. The molecule has 0 spiro atoms. The molecular weight excluding hydrogens is 276 g/mol. The molecule has 22 heavy (non-hydrogen) atoms. The van der Waals surface area contributed by atoms with Gasteiger partial charge >= 0.3 is 0 Å². The lowest BCUT2D eigenvalue weighted by molar-refractivity contribution is -0.128. The maximum Gasteiger partial charge on any atom is 0.232 e. The fourth-order valence-corrected chi connectivity index (χ4v) is 3.65. The van der Waals surface area contributed by atoms with Gasteiger partial charge < -0.3 is 9.80 Å². The van der Waals surface area contributed by atoms with Crippen LogP contribution in [0.15, 0.2) is 24.3 Å². The number of benzene rings is 1. The van der Waals surface area contributed by atoms with Crippen LogP contribution >= 0.6 is 0 Å². The van der Waals surface area contributed by atoms with E-state index in [0.717, 1.165) is 18.7 Å². The number of carbonyl (C=O) groups excluding carboxylic acids is 2. The summed E-state index contributed by atoms with van der Waals surface area (Å²) in [6.45, 7) is 7.60. The number of anilines is 1. The Labute approximate surface area is 132 Å². The van der Waals surface area contributed by atoms with Gasteiger partial charge in [-0.3, -0.25) is 9.59 Å². The van der Waals surface area contributed by atoms with E-state index in [9.17, 15) is 9.59 Å². The Bertz CT molecular complexity index is 597. The van der Waals surface area contributed by atoms with Gasteiger partial charge in [-0.25, -0.2) is 0 Å². The minimum atomic E-state index is -0.195. The van der Waals surface area contributed by atoms with Gasteiger partial charge in [0.2, 0.25) is 11.8 Å². The van der Waals surface area contributed by atoms with Crippen LogP contribution in [0.4, 0.5) is 5.69 Å². The van der Waals surface area contributed by atoms with Crippen molar-refractivity contribution >= 4 is 17.5 Å². The predicted octanol–water partition coefficient (Wildman–Crippen LogP) is 2.47. The Balaban J connectivity index is 1.76. The number of nitrogens with zero attached hydrogens (tertiary/aromatic N) is 2. The van der Waals surface area contributed by atoms with Crippen LogP contribution in [0.5, 0.6) is 0 Å². The molecule has 0 saturated carbocycles. The number of para-hydroxylation sites is 1. The Morgan fingerprint density at radius 1 is 1.27 bits per heavy atom. The molecule has 1 fully saturated rings. The van der Waals surface area contributed by atoms with Gasteiger partial charge in [0, 0.05) is 31.2 Å². The van der Waals surface area contributed by atoms with Crippen molar-refractivity contribution in [3.05, 3.63) is 29.8 Å². The van der Waals surface area contributed by atoms with Gasteiger partial charge in [-0.15, -0.1) is 0 Å². The molecule has 2 amide bonds. The molecule has 0 unspecified atom stereocenters. The lowest BCUT2D eigenvalue weighted by Gasteiger charge is -2.26. The van der Waals surface area contributed by atoms with Gasteiger partial charge in [0.15, 0.2) is 0 Å². The molecule has 2 heterocycles. The molecule has 0 aliphatic carbocycles. The number of hydrogen-bond donors (Lipinski definition) is 0. The highest BCUT2D eigenvalue weighted by molar-refractivity contribution is 6.01. The zero-order valence-corrected chi connectivity index (χ0v) is 13.6. The summed E-state index contributed by atoms with van der Waals surface area (Å²) in [5.74, 6) is 0.466. The summed E-state index contributed by atoms with van der Waals surface area (Å²) in [5, 5.41) is 0. The summed E-state index contributed by atoms with van der Waals surface area (Å²) in [6, 6.07) is 8.27. The molecule has 1 aromatic rings. The highest BCUT2D eigenvalue weighted by atomic mass is 16.2. The first-order valence-electron chi connectivity index (χ1n) is 8.16. The molecule has 0 N–H and O–H groups in total. The number of carbonyl (C=O) groups is 2. The maximum absolute atomic E-state index is 12.9.